The molecule has 0 fully saturated rings. The van der Waals surface area contributed by atoms with E-state index in [0.717, 1.165) is 0 Å². The number of carboxylic acid groups (broad SMARTS) is 1. The van der Waals surface area contributed by atoms with Crippen molar-refractivity contribution in [2.75, 3.05) is 7.05 Å². The number of aliphatic carboxylic acids is 1. The molecule has 0 spiro atoms. The number of benzene rings is 2. The summed E-state index contributed by atoms with van der Waals surface area (Å²) < 4.78 is 0. The summed E-state index contributed by atoms with van der Waals surface area (Å²) in [7, 11) is 1.57. The first kappa shape index (κ1) is 21.1. The van der Waals surface area contributed by atoms with Crippen LogP contribution in [0.5, 0.6) is 11.5 Å². The van der Waals surface area contributed by atoms with Gasteiger partial charge in [0.2, 0.25) is 11.8 Å². The van der Waals surface area contributed by atoms with E-state index in [2.05, 4.69) is 16.0 Å². The number of aromatic hydroxyl groups is 2. The quantitative estimate of drug-likeness (QED) is 0.424. The van der Waals surface area contributed by atoms with Crippen molar-refractivity contribution in [2.24, 2.45) is 0 Å². The molecule has 1 aliphatic rings. The van der Waals surface area contributed by atoms with E-state index < -0.39 is 35.9 Å². The van der Waals surface area contributed by atoms with Crippen molar-refractivity contribution < 1.29 is 29.7 Å². The summed E-state index contributed by atoms with van der Waals surface area (Å²) in [6, 6.07) is 6.00. The van der Waals surface area contributed by atoms with Gasteiger partial charge in [0.1, 0.15) is 29.6 Å². The van der Waals surface area contributed by atoms with Crippen molar-refractivity contribution >= 4 is 17.8 Å². The van der Waals surface area contributed by atoms with E-state index in [-0.39, 0.29) is 23.5 Å². The van der Waals surface area contributed by atoms with Crippen molar-refractivity contribution in [1.82, 2.24) is 16.0 Å². The zero-order valence-electron chi connectivity index (χ0n) is 16.5. The average Bonchev–Trinajstić information content (AvgIpc) is 2.69. The molecule has 158 valence electrons. The van der Waals surface area contributed by atoms with Gasteiger partial charge in [0, 0.05) is 17.5 Å². The number of hydrogen-bond acceptors (Lipinski definition) is 6. The smallest absolute Gasteiger partial charge is 0.326 e. The van der Waals surface area contributed by atoms with Crippen LogP contribution in [0.25, 0.3) is 11.1 Å². The Morgan fingerprint density at radius 2 is 1.63 bits per heavy atom. The van der Waals surface area contributed by atoms with Gasteiger partial charge in [-0.2, -0.15) is 0 Å². The summed E-state index contributed by atoms with van der Waals surface area (Å²) in [5.74, 6) is -2.59. The van der Waals surface area contributed by atoms with Crippen LogP contribution < -0.4 is 16.0 Å². The molecular weight excluding hydrogens is 390 g/mol. The van der Waals surface area contributed by atoms with E-state index >= 15 is 0 Å². The average molecular weight is 413 g/mol. The van der Waals surface area contributed by atoms with Crippen molar-refractivity contribution in [3.8, 4) is 22.6 Å². The molecule has 0 aromatic heterocycles. The largest absolute Gasteiger partial charge is 0.507 e. The first-order valence-corrected chi connectivity index (χ1v) is 9.37. The van der Waals surface area contributed by atoms with E-state index in [4.69, 9.17) is 0 Å². The van der Waals surface area contributed by atoms with E-state index in [1.54, 1.807) is 31.3 Å². The number of carboxylic acids is 1. The Labute approximate surface area is 172 Å². The predicted octanol–water partition coefficient (Wildman–Crippen LogP) is 0.656. The number of amides is 2. The molecule has 9 heteroatoms. The van der Waals surface area contributed by atoms with E-state index in [9.17, 15) is 29.7 Å². The first-order valence-electron chi connectivity index (χ1n) is 9.37. The fourth-order valence-corrected chi connectivity index (χ4v) is 3.42. The molecule has 0 aliphatic carbocycles. The predicted molar refractivity (Wildman–Crippen MR) is 108 cm³/mol. The van der Waals surface area contributed by atoms with Crippen LogP contribution in [0.15, 0.2) is 36.4 Å². The second kappa shape index (κ2) is 8.42. The summed E-state index contributed by atoms with van der Waals surface area (Å²) in [6.07, 6.45) is -0.0470. The van der Waals surface area contributed by atoms with Crippen LogP contribution in [0.2, 0.25) is 0 Å². The van der Waals surface area contributed by atoms with E-state index in [1.807, 2.05) is 0 Å². The topological polar surface area (TPSA) is 148 Å². The van der Waals surface area contributed by atoms with E-state index in [0.29, 0.717) is 16.7 Å². The normalized spacial score (nSPS) is 21.9. The summed E-state index contributed by atoms with van der Waals surface area (Å²) in [6.45, 7) is 1.46. The Bertz CT molecular complexity index is 1010. The van der Waals surface area contributed by atoms with Crippen LogP contribution in [0.4, 0.5) is 0 Å². The lowest BCUT2D eigenvalue weighted by Crippen LogP contribution is -2.52. The lowest BCUT2D eigenvalue weighted by molar-refractivity contribution is -0.142. The maximum atomic E-state index is 12.7. The Hall–Kier alpha value is -3.59. The first-order chi connectivity index (χ1) is 14.2. The Kier molecular flexibility index (Phi) is 5.93. The van der Waals surface area contributed by atoms with Gasteiger partial charge in [-0.25, -0.2) is 4.79 Å². The Balaban J connectivity index is 2.19. The number of carbonyl (C=O) groups is 3. The SMILES string of the molecule is CNC1C(=O)N[C@@H](C)C(=O)N[C@H](C(=O)O)Cc2ccc(O)c(c2)-c2cc1ccc2O. The maximum absolute atomic E-state index is 12.7. The molecular formula is C21H23N3O6. The highest BCUT2D eigenvalue weighted by Crippen LogP contribution is 2.37. The molecule has 0 saturated carbocycles. The summed E-state index contributed by atoms with van der Waals surface area (Å²) >= 11 is 0. The third kappa shape index (κ3) is 4.20. The molecule has 2 amide bonds. The monoisotopic (exact) mass is 413 g/mol. The lowest BCUT2D eigenvalue weighted by atomic mass is 9.94. The van der Waals surface area contributed by atoms with Gasteiger partial charge in [-0.05, 0) is 49.4 Å². The van der Waals surface area contributed by atoms with Gasteiger partial charge in [0.05, 0.1) is 0 Å². The van der Waals surface area contributed by atoms with Crippen molar-refractivity contribution in [3.05, 3.63) is 47.5 Å². The number of likely N-dealkylation sites (N-methyl/N-ethyl adjacent to an activating group) is 1. The van der Waals surface area contributed by atoms with Crippen LogP contribution in [-0.2, 0) is 20.8 Å². The van der Waals surface area contributed by atoms with Gasteiger partial charge in [-0.3, -0.25) is 9.59 Å². The Morgan fingerprint density at radius 1 is 1.00 bits per heavy atom. The molecule has 1 unspecified atom stereocenters. The zero-order valence-corrected chi connectivity index (χ0v) is 16.5. The molecule has 4 bridgehead atoms. The summed E-state index contributed by atoms with van der Waals surface area (Å²) in [4.78, 5) is 36.9. The molecule has 30 heavy (non-hydrogen) atoms. The van der Waals surface area contributed by atoms with Crippen LogP contribution in [0.1, 0.15) is 24.1 Å². The fourth-order valence-electron chi connectivity index (χ4n) is 3.42. The maximum Gasteiger partial charge on any atom is 0.326 e. The molecule has 0 saturated heterocycles. The molecule has 3 atom stereocenters. The number of phenols is 2. The van der Waals surface area contributed by atoms with Gasteiger partial charge < -0.3 is 31.3 Å². The Morgan fingerprint density at radius 3 is 2.27 bits per heavy atom. The summed E-state index contributed by atoms with van der Waals surface area (Å²) in [5.41, 5.74) is 1.63. The highest BCUT2D eigenvalue weighted by molar-refractivity contribution is 5.92. The molecule has 2 aromatic carbocycles. The van der Waals surface area contributed by atoms with Gasteiger partial charge in [0.15, 0.2) is 0 Å². The highest BCUT2D eigenvalue weighted by atomic mass is 16.4. The molecule has 3 rings (SSSR count). The van der Waals surface area contributed by atoms with Gasteiger partial charge in [-0.15, -0.1) is 0 Å². The number of phenolic OH excluding ortho intramolecular Hbond substituents is 2. The van der Waals surface area contributed by atoms with Gasteiger partial charge in [0.25, 0.3) is 0 Å². The minimum Gasteiger partial charge on any atom is -0.507 e. The minimum absolute atomic E-state index is 0.0470. The molecule has 6 N–H and O–H groups in total. The second-order valence-electron chi connectivity index (χ2n) is 7.18. The summed E-state index contributed by atoms with van der Waals surface area (Å²) in [5, 5.41) is 38.1. The van der Waals surface area contributed by atoms with Crippen LogP contribution in [0.3, 0.4) is 0 Å². The van der Waals surface area contributed by atoms with Crippen LogP contribution >= 0.6 is 0 Å². The van der Waals surface area contributed by atoms with E-state index in [1.165, 1.54) is 19.1 Å². The highest BCUT2D eigenvalue weighted by Gasteiger charge is 2.28. The number of hydrogen-bond donors (Lipinski definition) is 6. The van der Waals surface area contributed by atoms with Crippen LogP contribution in [0, 0.1) is 0 Å². The number of rotatable bonds is 2. The minimum atomic E-state index is -1.24. The molecule has 9 nitrogen and oxygen atoms in total. The van der Waals surface area contributed by atoms with Crippen molar-refractivity contribution in [2.45, 2.75) is 31.5 Å². The zero-order chi connectivity index (χ0) is 22.0. The lowest BCUT2D eigenvalue weighted by Gasteiger charge is -2.23. The standard InChI is InChI=1S/C21H23N3O6/c1-10-19(27)24-15(21(29)30)8-11-3-5-16(25)13(7-11)14-9-12(4-6-17(14)26)18(22-2)20(28)23-10/h3-7,9-10,15,18,22,25-26H,8H2,1-2H3,(H,23,28)(H,24,27)(H,29,30)/t10-,15-,18?/m0/s1. The third-order valence-electron chi connectivity index (χ3n) is 5.06. The van der Waals surface area contributed by atoms with Gasteiger partial charge >= 0.3 is 5.97 Å². The third-order valence-corrected chi connectivity index (χ3v) is 5.06. The molecule has 2 aromatic rings. The number of fused-ring (bicyclic) bond motifs is 5. The fraction of sp³-hybridized carbons (Fsp3) is 0.286. The molecule has 0 radical (unpaired) electrons. The van der Waals surface area contributed by atoms with Crippen LogP contribution in [-0.4, -0.2) is 52.2 Å². The second-order valence-corrected chi connectivity index (χ2v) is 7.18. The molecule has 1 heterocycles. The van der Waals surface area contributed by atoms with Crippen molar-refractivity contribution in [1.29, 1.82) is 0 Å². The molecule has 1 aliphatic heterocycles. The number of nitrogens with one attached hydrogen (secondary N) is 3. The van der Waals surface area contributed by atoms with Gasteiger partial charge in [-0.1, -0.05) is 12.1 Å². The van der Waals surface area contributed by atoms with Crippen molar-refractivity contribution in [3.63, 3.8) is 0 Å². The number of carbonyl (C=O) groups excluding carboxylic acids is 2.